The maximum atomic E-state index is 5.71. The van der Waals surface area contributed by atoms with E-state index >= 15 is 0 Å². The number of aromatic nitrogens is 3. The van der Waals surface area contributed by atoms with Gasteiger partial charge in [-0.2, -0.15) is 5.10 Å². The molecule has 2 aromatic rings. The van der Waals surface area contributed by atoms with Crippen molar-refractivity contribution in [1.29, 1.82) is 0 Å². The van der Waals surface area contributed by atoms with Crippen LogP contribution in [0, 0.1) is 0 Å². The van der Waals surface area contributed by atoms with E-state index in [0.717, 1.165) is 0 Å². The Morgan fingerprint density at radius 2 is 2.15 bits per heavy atom. The van der Waals surface area contributed by atoms with E-state index in [1.807, 2.05) is 0 Å². The Morgan fingerprint density at radius 1 is 1.31 bits per heavy atom. The van der Waals surface area contributed by atoms with Crippen LogP contribution in [0.4, 0.5) is 5.69 Å². The standard InChI is InChI=1S/C8H7ClN4/c9-6-3-12-13(5-6)8-2-1-7(10)4-11-8/h1-5H,10H2. The zero-order valence-corrected chi connectivity index (χ0v) is 7.44. The van der Waals surface area contributed by atoms with Gasteiger partial charge in [0, 0.05) is 0 Å². The molecule has 2 heterocycles. The van der Waals surface area contributed by atoms with Gasteiger partial charge in [-0.05, 0) is 12.1 Å². The van der Waals surface area contributed by atoms with E-state index in [-0.39, 0.29) is 0 Å². The zero-order valence-electron chi connectivity index (χ0n) is 6.68. The van der Waals surface area contributed by atoms with Crippen molar-refractivity contribution in [2.75, 3.05) is 5.73 Å². The van der Waals surface area contributed by atoms with E-state index in [2.05, 4.69) is 10.1 Å². The summed E-state index contributed by atoms with van der Waals surface area (Å²) in [4.78, 5) is 4.08. The van der Waals surface area contributed by atoms with Crippen LogP contribution in [0.5, 0.6) is 0 Å². The van der Waals surface area contributed by atoms with Crippen LogP contribution in [0.3, 0.4) is 0 Å². The molecule has 0 spiro atoms. The van der Waals surface area contributed by atoms with E-state index in [0.29, 0.717) is 16.5 Å². The molecule has 0 aliphatic rings. The van der Waals surface area contributed by atoms with Crippen LogP contribution in [0.15, 0.2) is 30.7 Å². The van der Waals surface area contributed by atoms with E-state index in [9.17, 15) is 0 Å². The van der Waals surface area contributed by atoms with Gasteiger partial charge in [-0.1, -0.05) is 11.6 Å². The summed E-state index contributed by atoms with van der Waals surface area (Å²) in [6.07, 6.45) is 4.81. The number of nitrogen functional groups attached to an aromatic ring is 1. The normalized spacial score (nSPS) is 10.2. The minimum absolute atomic E-state index is 0.582. The molecular weight excluding hydrogens is 188 g/mol. The second kappa shape index (κ2) is 3.06. The van der Waals surface area contributed by atoms with Crippen molar-refractivity contribution in [2.24, 2.45) is 0 Å². The quantitative estimate of drug-likeness (QED) is 0.749. The lowest BCUT2D eigenvalue weighted by molar-refractivity contribution is 0.847. The van der Waals surface area contributed by atoms with E-state index in [4.69, 9.17) is 17.3 Å². The first-order valence-electron chi connectivity index (χ1n) is 3.68. The third kappa shape index (κ3) is 1.62. The van der Waals surface area contributed by atoms with Crippen LogP contribution < -0.4 is 5.73 Å². The molecule has 0 saturated heterocycles. The summed E-state index contributed by atoms with van der Waals surface area (Å²) in [7, 11) is 0. The van der Waals surface area contributed by atoms with Gasteiger partial charge < -0.3 is 5.73 Å². The SMILES string of the molecule is Nc1ccc(-n2cc(Cl)cn2)nc1. The second-order valence-corrected chi connectivity index (χ2v) is 2.99. The molecule has 0 fully saturated rings. The predicted molar refractivity (Wildman–Crippen MR) is 50.8 cm³/mol. The molecule has 13 heavy (non-hydrogen) atoms. The molecule has 2 rings (SSSR count). The summed E-state index contributed by atoms with van der Waals surface area (Å²) in [6.45, 7) is 0. The number of rotatable bonds is 1. The van der Waals surface area contributed by atoms with Gasteiger partial charge in [0.15, 0.2) is 5.82 Å². The molecule has 5 heteroatoms. The lowest BCUT2D eigenvalue weighted by Crippen LogP contribution is -1.97. The van der Waals surface area contributed by atoms with Gasteiger partial charge in [0.25, 0.3) is 0 Å². The molecule has 0 saturated carbocycles. The molecule has 2 aromatic heterocycles. The summed E-state index contributed by atoms with van der Waals surface area (Å²) in [5.41, 5.74) is 6.12. The number of nitrogens with zero attached hydrogens (tertiary/aromatic N) is 3. The van der Waals surface area contributed by atoms with E-state index in [1.54, 1.807) is 35.4 Å². The first-order chi connectivity index (χ1) is 6.25. The van der Waals surface area contributed by atoms with Gasteiger partial charge in [0.05, 0.1) is 29.3 Å². The lowest BCUT2D eigenvalue weighted by Gasteiger charge is -1.98. The molecule has 0 aliphatic carbocycles. The van der Waals surface area contributed by atoms with Crippen LogP contribution in [-0.4, -0.2) is 14.8 Å². The van der Waals surface area contributed by atoms with Crippen molar-refractivity contribution < 1.29 is 0 Å². The molecule has 0 radical (unpaired) electrons. The molecule has 0 aromatic carbocycles. The Morgan fingerprint density at radius 3 is 2.69 bits per heavy atom. The summed E-state index contributed by atoms with van der Waals surface area (Å²) >= 11 is 5.71. The van der Waals surface area contributed by atoms with Crippen LogP contribution >= 0.6 is 11.6 Å². The average molecular weight is 195 g/mol. The fraction of sp³-hybridized carbons (Fsp3) is 0. The predicted octanol–water partition coefficient (Wildman–Crippen LogP) is 1.50. The number of nitrogens with two attached hydrogens (primary N) is 1. The molecule has 0 bridgehead atoms. The number of hydrogen-bond donors (Lipinski definition) is 1. The molecule has 2 N–H and O–H groups in total. The fourth-order valence-electron chi connectivity index (χ4n) is 0.959. The zero-order chi connectivity index (χ0) is 9.26. The van der Waals surface area contributed by atoms with Gasteiger partial charge in [0.1, 0.15) is 0 Å². The Kier molecular flexibility index (Phi) is 1.90. The molecule has 66 valence electrons. The van der Waals surface area contributed by atoms with Crippen LogP contribution in [0.2, 0.25) is 5.02 Å². The minimum Gasteiger partial charge on any atom is -0.397 e. The molecule has 0 aliphatic heterocycles. The highest BCUT2D eigenvalue weighted by molar-refractivity contribution is 6.30. The highest BCUT2D eigenvalue weighted by atomic mass is 35.5. The highest BCUT2D eigenvalue weighted by Gasteiger charge is 1.98. The first kappa shape index (κ1) is 8.07. The number of pyridine rings is 1. The molecule has 0 unspecified atom stereocenters. The van der Waals surface area contributed by atoms with Crippen molar-refractivity contribution in [3.63, 3.8) is 0 Å². The van der Waals surface area contributed by atoms with Crippen LogP contribution in [0.25, 0.3) is 5.82 Å². The maximum absolute atomic E-state index is 5.71. The number of hydrogen-bond acceptors (Lipinski definition) is 3. The lowest BCUT2D eigenvalue weighted by atomic mass is 10.4. The molecule has 0 atom stereocenters. The van der Waals surface area contributed by atoms with Crippen molar-refractivity contribution >= 4 is 17.3 Å². The topological polar surface area (TPSA) is 56.7 Å². The van der Waals surface area contributed by atoms with Crippen molar-refractivity contribution in [3.8, 4) is 5.82 Å². The fourth-order valence-corrected chi connectivity index (χ4v) is 1.10. The molecule has 4 nitrogen and oxygen atoms in total. The first-order valence-corrected chi connectivity index (χ1v) is 4.05. The van der Waals surface area contributed by atoms with Gasteiger partial charge in [-0.25, -0.2) is 9.67 Å². The van der Waals surface area contributed by atoms with Gasteiger partial charge >= 0.3 is 0 Å². The Balaban J connectivity index is 2.41. The number of anilines is 1. The smallest absolute Gasteiger partial charge is 0.153 e. The molecular formula is C8H7ClN4. The largest absolute Gasteiger partial charge is 0.397 e. The monoisotopic (exact) mass is 194 g/mol. The summed E-state index contributed by atoms with van der Waals surface area (Å²) in [6, 6.07) is 3.54. The van der Waals surface area contributed by atoms with Crippen LogP contribution in [-0.2, 0) is 0 Å². The van der Waals surface area contributed by atoms with Crippen molar-refractivity contribution in [3.05, 3.63) is 35.7 Å². The minimum atomic E-state index is 0.582. The highest BCUT2D eigenvalue weighted by Crippen LogP contribution is 2.10. The summed E-state index contributed by atoms with van der Waals surface area (Å²) in [5.74, 6) is 0.695. The number of halogens is 1. The van der Waals surface area contributed by atoms with Crippen molar-refractivity contribution in [1.82, 2.24) is 14.8 Å². The average Bonchev–Trinajstić information content (AvgIpc) is 2.53. The Bertz CT molecular complexity index is 406. The third-order valence-corrected chi connectivity index (χ3v) is 1.75. The summed E-state index contributed by atoms with van der Waals surface area (Å²) < 4.78 is 1.59. The van der Waals surface area contributed by atoms with Crippen LogP contribution in [0.1, 0.15) is 0 Å². The van der Waals surface area contributed by atoms with Gasteiger partial charge in [-0.15, -0.1) is 0 Å². The van der Waals surface area contributed by atoms with E-state index in [1.165, 1.54) is 0 Å². The van der Waals surface area contributed by atoms with Crippen molar-refractivity contribution in [2.45, 2.75) is 0 Å². The maximum Gasteiger partial charge on any atom is 0.153 e. The summed E-state index contributed by atoms with van der Waals surface area (Å²) in [5, 5.41) is 4.58. The Labute approximate surface area is 80.0 Å². The van der Waals surface area contributed by atoms with E-state index < -0.39 is 0 Å². The third-order valence-electron chi connectivity index (χ3n) is 1.56. The van der Waals surface area contributed by atoms with Gasteiger partial charge in [0.2, 0.25) is 0 Å². The second-order valence-electron chi connectivity index (χ2n) is 2.55. The molecule has 0 amide bonds. The van der Waals surface area contributed by atoms with Gasteiger partial charge in [-0.3, -0.25) is 0 Å². The Hall–Kier alpha value is -1.55.